The highest BCUT2D eigenvalue weighted by Gasteiger charge is 2.20. The van der Waals surface area contributed by atoms with Gasteiger partial charge < -0.3 is 10.2 Å². The number of nitrogens with one attached hydrogen (secondary N) is 1. The molecule has 0 saturated carbocycles. The summed E-state index contributed by atoms with van der Waals surface area (Å²) in [5.74, 6) is -3.42. The lowest BCUT2D eigenvalue weighted by molar-refractivity contribution is -0.116. The number of carbonyl (C=O) groups is 2. The summed E-state index contributed by atoms with van der Waals surface area (Å²) in [6.07, 6.45) is 0. The van der Waals surface area contributed by atoms with Crippen molar-refractivity contribution >= 4 is 17.5 Å². The molecule has 2 rings (SSSR count). The Morgan fingerprint density at radius 1 is 1.04 bits per heavy atom. The van der Waals surface area contributed by atoms with Gasteiger partial charge in [0.05, 0.1) is 0 Å². The van der Waals surface area contributed by atoms with Gasteiger partial charge in [-0.15, -0.1) is 0 Å². The highest BCUT2D eigenvalue weighted by atomic mass is 19.1. The van der Waals surface area contributed by atoms with Gasteiger partial charge in [0.2, 0.25) is 5.91 Å². The fourth-order valence-corrected chi connectivity index (χ4v) is 2.19. The molecule has 0 bridgehead atoms. The molecule has 24 heavy (non-hydrogen) atoms. The average Bonchev–Trinajstić information content (AvgIpc) is 2.52. The normalized spacial score (nSPS) is 10.3. The SMILES string of the molecule is CC(=O)N(CCNC(=O)c1cccc(F)c1)c1c(F)cccc1F. The predicted octanol–water partition coefficient (Wildman–Crippen LogP) is 2.89. The maximum absolute atomic E-state index is 13.8. The molecule has 2 aromatic carbocycles. The molecule has 0 saturated heterocycles. The lowest BCUT2D eigenvalue weighted by Gasteiger charge is -2.22. The van der Waals surface area contributed by atoms with Gasteiger partial charge in [0.15, 0.2) is 0 Å². The third-order valence-electron chi connectivity index (χ3n) is 3.30. The van der Waals surface area contributed by atoms with Crippen LogP contribution in [0.5, 0.6) is 0 Å². The van der Waals surface area contributed by atoms with Gasteiger partial charge >= 0.3 is 0 Å². The zero-order valence-corrected chi connectivity index (χ0v) is 12.9. The molecule has 0 heterocycles. The van der Waals surface area contributed by atoms with Crippen molar-refractivity contribution in [2.75, 3.05) is 18.0 Å². The molecule has 0 fully saturated rings. The molecule has 0 unspecified atom stereocenters. The van der Waals surface area contributed by atoms with Crippen LogP contribution >= 0.6 is 0 Å². The van der Waals surface area contributed by atoms with Crippen molar-refractivity contribution in [1.29, 1.82) is 0 Å². The fourth-order valence-electron chi connectivity index (χ4n) is 2.19. The van der Waals surface area contributed by atoms with Crippen molar-refractivity contribution in [3.8, 4) is 0 Å². The summed E-state index contributed by atoms with van der Waals surface area (Å²) in [4.78, 5) is 24.5. The molecule has 0 aliphatic heterocycles. The third-order valence-corrected chi connectivity index (χ3v) is 3.30. The number of benzene rings is 2. The number of halogens is 3. The van der Waals surface area contributed by atoms with Crippen molar-refractivity contribution in [1.82, 2.24) is 5.32 Å². The van der Waals surface area contributed by atoms with E-state index in [-0.39, 0.29) is 18.7 Å². The van der Waals surface area contributed by atoms with Gasteiger partial charge in [-0.05, 0) is 30.3 Å². The van der Waals surface area contributed by atoms with Crippen LogP contribution in [0, 0.1) is 17.5 Å². The van der Waals surface area contributed by atoms with Gasteiger partial charge in [-0.2, -0.15) is 0 Å². The monoisotopic (exact) mass is 336 g/mol. The maximum atomic E-state index is 13.8. The van der Waals surface area contributed by atoms with Crippen LogP contribution in [0.3, 0.4) is 0 Å². The lowest BCUT2D eigenvalue weighted by atomic mass is 10.2. The molecule has 0 aliphatic rings. The van der Waals surface area contributed by atoms with Crippen molar-refractivity contribution in [2.24, 2.45) is 0 Å². The standard InChI is InChI=1S/C17H15F3N2O2/c1-11(23)22(16-14(19)6-3-7-15(16)20)9-8-21-17(24)12-4-2-5-13(18)10-12/h2-7,10H,8-9H2,1H3,(H,21,24). The minimum absolute atomic E-state index is 0.0529. The Labute approximate surface area is 136 Å². The minimum Gasteiger partial charge on any atom is -0.350 e. The predicted molar refractivity (Wildman–Crippen MR) is 83.1 cm³/mol. The first-order chi connectivity index (χ1) is 11.4. The summed E-state index contributed by atoms with van der Waals surface area (Å²) in [5.41, 5.74) is -0.355. The first kappa shape index (κ1) is 17.5. The quantitative estimate of drug-likeness (QED) is 0.913. The maximum Gasteiger partial charge on any atom is 0.251 e. The zero-order chi connectivity index (χ0) is 17.7. The lowest BCUT2D eigenvalue weighted by Crippen LogP contribution is -2.38. The number of anilines is 1. The Balaban J connectivity index is 2.05. The van der Waals surface area contributed by atoms with Crippen molar-refractivity contribution in [3.05, 3.63) is 65.5 Å². The van der Waals surface area contributed by atoms with Crippen LogP contribution in [-0.2, 0) is 4.79 Å². The van der Waals surface area contributed by atoms with E-state index < -0.39 is 35.0 Å². The van der Waals surface area contributed by atoms with E-state index in [1.165, 1.54) is 31.2 Å². The molecular weight excluding hydrogens is 321 g/mol. The van der Waals surface area contributed by atoms with Crippen molar-refractivity contribution in [3.63, 3.8) is 0 Å². The fraction of sp³-hybridized carbons (Fsp3) is 0.176. The molecule has 0 aromatic heterocycles. The second kappa shape index (κ2) is 7.63. The van der Waals surface area contributed by atoms with E-state index in [1.54, 1.807) is 0 Å². The Kier molecular flexibility index (Phi) is 5.57. The molecule has 1 N–H and O–H groups in total. The summed E-state index contributed by atoms with van der Waals surface area (Å²) < 4.78 is 40.7. The Morgan fingerprint density at radius 2 is 1.67 bits per heavy atom. The molecule has 2 aromatic rings. The summed E-state index contributed by atoms with van der Waals surface area (Å²) in [6, 6.07) is 8.36. The summed E-state index contributed by atoms with van der Waals surface area (Å²) >= 11 is 0. The van der Waals surface area contributed by atoms with E-state index in [2.05, 4.69) is 5.32 Å². The van der Waals surface area contributed by atoms with Gasteiger partial charge in [0.25, 0.3) is 5.91 Å². The first-order valence-corrected chi connectivity index (χ1v) is 7.16. The number of carbonyl (C=O) groups excluding carboxylic acids is 2. The molecular formula is C17H15F3N2O2. The Bertz CT molecular complexity index is 745. The van der Waals surface area contributed by atoms with Gasteiger partial charge in [-0.25, -0.2) is 13.2 Å². The molecule has 0 atom stereocenters. The van der Waals surface area contributed by atoms with Crippen LogP contribution in [0.4, 0.5) is 18.9 Å². The molecule has 0 spiro atoms. The smallest absolute Gasteiger partial charge is 0.251 e. The van der Waals surface area contributed by atoms with E-state index in [0.29, 0.717) is 0 Å². The zero-order valence-electron chi connectivity index (χ0n) is 12.9. The average molecular weight is 336 g/mol. The minimum atomic E-state index is -0.873. The van der Waals surface area contributed by atoms with Crippen LogP contribution in [0.1, 0.15) is 17.3 Å². The molecule has 4 nitrogen and oxygen atoms in total. The Morgan fingerprint density at radius 3 is 2.25 bits per heavy atom. The molecule has 126 valence electrons. The van der Waals surface area contributed by atoms with Crippen LogP contribution in [0.2, 0.25) is 0 Å². The van der Waals surface area contributed by atoms with Crippen LogP contribution in [0.15, 0.2) is 42.5 Å². The second-order valence-electron chi connectivity index (χ2n) is 5.01. The van der Waals surface area contributed by atoms with E-state index in [1.807, 2.05) is 0 Å². The van der Waals surface area contributed by atoms with E-state index in [4.69, 9.17) is 0 Å². The topological polar surface area (TPSA) is 49.4 Å². The second-order valence-corrected chi connectivity index (χ2v) is 5.01. The largest absolute Gasteiger partial charge is 0.350 e. The van der Waals surface area contributed by atoms with E-state index >= 15 is 0 Å². The van der Waals surface area contributed by atoms with Gasteiger partial charge in [-0.1, -0.05) is 12.1 Å². The highest BCUT2D eigenvalue weighted by molar-refractivity contribution is 5.94. The summed E-state index contributed by atoms with van der Waals surface area (Å²) in [7, 11) is 0. The van der Waals surface area contributed by atoms with E-state index in [0.717, 1.165) is 23.1 Å². The van der Waals surface area contributed by atoms with Gasteiger partial charge in [-0.3, -0.25) is 9.59 Å². The number of rotatable bonds is 5. The van der Waals surface area contributed by atoms with Gasteiger partial charge in [0.1, 0.15) is 23.1 Å². The number of hydrogen-bond acceptors (Lipinski definition) is 2. The van der Waals surface area contributed by atoms with Crippen LogP contribution < -0.4 is 10.2 Å². The van der Waals surface area contributed by atoms with Crippen LogP contribution in [-0.4, -0.2) is 24.9 Å². The number of para-hydroxylation sites is 1. The summed E-state index contributed by atoms with van der Waals surface area (Å²) in [6.45, 7) is 0.983. The van der Waals surface area contributed by atoms with Crippen molar-refractivity contribution < 1.29 is 22.8 Å². The number of nitrogens with zero attached hydrogens (tertiary/aromatic N) is 1. The molecule has 2 amide bonds. The van der Waals surface area contributed by atoms with Crippen LogP contribution in [0.25, 0.3) is 0 Å². The molecule has 7 heteroatoms. The number of hydrogen-bond donors (Lipinski definition) is 1. The highest BCUT2D eigenvalue weighted by Crippen LogP contribution is 2.23. The van der Waals surface area contributed by atoms with Gasteiger partial charge in [0, 0.05) is 25.6 Å². The first-order valence-electron chi connectivity index (χ1n) is 7.16. The molecule has 0 radical (unpaired) electrons. The number of amides is 2. The van der Waals surface area contributed by atoms with E-state index in [9.17, 15) is 22.8 Å². The van der Waals surface area contributed by atoms with Crippen molar-refractivity contribution in [2.45, 2.75) is 6.92 Å². The molecule has 0 aliphatic carbocycles. The Hall–Kier alpha value is -2.83. The third kappa shape index (κ3) is 4.13. The summed E-state index contributed by atoms with van der Waals surface area (Å²) in [5, 5.41) is 2.48.